The van der Waals surface area contributed by atoms with Crippen molar-refractivity contribution in [2.45, 2.75) is 11.8 Å². The van der Waals surface area contributed by atoms with E-state index in [4.69, 9.17) is 21.1 Å². The van der Waals surface area contributed by atoms with Crippen LogP contribution in [0, 0.1) is 0 Å². The van der Waals surface area contributed by atoms with Crippen LogP contribution in [0.15, 0.2) is 24.3 Å². The van der Waals surface area contributed by atoms with Crippen molar-refractivity contribution in [3.63, 3.8) is 0 Å². The minimum Gasteiger partial charge on any atom is -0.497 e. The minimum absolute atomic E-state index is 0.159. The summed E-state index contributed by atoms with van der Waals surface area (Å²) in [6.07, 6.45) is 0.915. The first-order valence-corrected chi connectivity index (χ1v) is 8.00. The summed E-state index contributed by atoms with van der Waals surface area (Å²) in [7, 11) is 1.61. The van der Waals surface area contributed by atoms with E-state index in [0.717, 1.165) is 50.6 Å². The van der Waals surface area contributed by atoms with Crippen molar-refractivity contribution in [3.05, 3.63) is 29.8 Å². The van der Waals surface area contributed by atoms with Crippen LogP contribution in [0.25, 0.3) is 0 Å². The largest absolute Gasteiger partial charge is 0.497 e. The summed E-state index contributed by atoms with van der Waals surface area (Å²) in [5.41, 5.74) is 0.771. The van der Waals surface area contributed by atoms with E-state index >= 15 is 0 Å². The molecule has 22 heavy (non-hydrogen) atoms. The second-order valence-corrected chi connectivity index (χ2v) is 5.67. The molecule has 1 aromatic carbocycles. The van der Waals surface area contributed by atoms with Gasteiger partial charge in [0.2, 0.25) is 5.91 Å². The second-order valence-electron chi connectivity index (χ2n) is 5.23. The molecule has 0 spiro atoms. The number of morpholine rings is 1. The molecule has 1 aromatic rings. The van der Waals surface area contributed by atoms with E-state index in [1.54, 1.807) is 19.2 Å². The van der Waals surface area contributed by atoms with Crippen molar-refractivity contribution >= 4 is 17.5 Å². The lowest BCUT2D eigenvalue weighted by Crippen LogP contribution is -2.38. The van der Waals surface area contributed by atoms with Crippen molar-refractivity contribution in [2.75, 3.05) is 46.5 Å². The molecule has 1 amide bonds. The standard InChI is InChI=1S/C16H23ClN2O3/c1-21-14-5-3-13(4-6-14)15(17)16(20)18-7-2-8-19-9-11-22-12-10-19/h3-6,15H,2,7-12H2,1H3,(H,18,20). The van der Waals surface area contributed by atoms with Gasteiger partial charge in [0.25, 0.3) is 0 Å². The van der Waals surface area contributed by atoms with Crippen LogP contribution in [0.1, 0.15) is 17.4 Å². The van der Waals surface area contributed by atoms with E-state index in [-0.39, 0.29) is 5.91 Å². The normalized spacial score (nSPS) is 17.0. The average molecular weight is 327 g/mol. The van der Waals surface area contributed by atoms with Gasteiger partial charge in [-0.2, -0.15) is 0 Å². The van der Waals surface area contributed by atoms with Gasteiger partial charge in [0.05, 0.1) is 20.3 Å². The summed E-state index contributed by atoms with van der Waals surface area (Å²) in [5.74, 6) is 0.590. The van der Waals surface area contributed by atoms with Gasteiger partial charge in [-0.25, -0.2) is 0 Å². The van der Waals surface area contributed by atoms with E-state index < -0.39 is 5.38 Å². The molecule has 0 aromatic heterocycles. The van der Waals surface area contributed by atoms with Gasteiger partial charge in [-0.3, -0.25) is 9.69 Å². The molecule has 1 unspecified atom stereocenters. The van der Waals surface area contributed by atoms with E-state index in [2.05, 4.69) is 10.2 Å². The molecule has 0 saturated carbocycles. The van der Waals surface area contributed by atoms with Crippen LogP contribution in [-0.2, 0) is 9.53 Å². The number of nitrogens with one attached hydrogen (secondary N) is 1. The molecule has 5 nitrogen and oxygen atoms in total. The SMILES string of the molecule is COc1ccc(C(Cl)C(=O)NCCCN2CCOCC2)cc1. The van der Waals surface area contributed by atoms with Crippen molar-refractivity contribution in [2.24, 2.45) is 0 Å². The van der Waals surface area contributed by atoms with E-state index in [0.29, 0.717) is 6.54 Å². The maximum Gasteiger partial charge on any atom is 0.242 e. The van der Waals surface area contributed by atoms with E-state index in [1.165, 1.54) is 0 Å². The number of carbonyl (C=O) groups is 1. The number of hydrogen-bond donors (Lipinski definition) is 1. The number of halogens is 1. The van der Waals surface area contributed by atoms with Crippen LogP contribution in [0.3, 0.4) is 0 Å². The zero-order valence-electron chi connectivity index (χ0n) is 12.9. The zero-order chi connectivity index (χ0) is 15.8. The van der Waals surface area contributed by atoms with Gasteiger partial charge in [0.1, 0.15) is 11.1 Å². The highest BCUT2D eigenvalue weighted by molar-refractivity contribution is 6.30. The molecule has 122 valence electrons. The predicted octanol–water partition coefficient (Wildman–Crippen LogP) is 1.81. The Hall–Kier alpha value is -1.30. The zero-order valence-corrected chi connectivity index (χ0v) is 13.6. The number of methoxy groups -OCH3 is 1. The highest BCUT2D eigenvalue weighted by atomic mass is 35.5. The molecule has 0 radical (unpaired) electrons. The van der Waals surface area contributed by atoms with Crippen molar-refractivity contribution in [3.8, 4) is 5.75 Å². The molecule has 6 heteroatoms. The molecule has 0 aliphatic carbocycles. The molecule has 1 aliphatic rings. The van der Waals surface area contributed by atoms with Gasteiger partial charge in [-0.1, -0.05) is 12.1 Å². The first kappa shape index (κ1) is 17.1. The van der Waals surface area contributed by atoms with Gasteiger partial charge in [0.15, 0.2) is 0 Å². The molecule has 2 rings (SSSR count). The van der Waals surface area contributed by atoms with E-state index in [1.807, 2.05) is 12.1 Å². The van der Waals surface area contributed by atoms with Gasteiger partial charge in [-0.15, -0.1) is 11.6 Å². The number of ether oxygens (including phenoxy) is 2. The van der Waals surface area contributed by atoms with Gasteiger partial charge >= 0.3 is 0 Å². The summed E-state index contributed by atoms with van der Waals surface area (Å²) >= 11 is 6.20. The van der Waals surface area contributed by atoms with Gasteiger partial charge in [0, 0.05) is 19.6 Å². The molecule has 0 bridgehead atoms. The number of amides is 1. The first-order chi connectivity index (χ1) is 10.7. The molecule has 1 atom stereocenters. The Bertz CT molecular complexity index is 461. The quantitative estimate of drug-likeness (QED) is 0.613. The minimum atomic E-state index is -0.672. The fraction of sp³-hybridized carbons (Fsp3) is 0.562. The lowest BCUT2D eigenvalue weighted by atomic mass is 10.1. The fourth-order valence-corrected chi connectivity index (χ4v) is 2.58. The lowest BCUT2D eigenvalue weighted by Gasteiger charge is -2.26. The molecule has 1 heterocycles. The molecular weight excluding hydrogens is 304 g/mol. The summed E-state index contributed by atoms with van der Waals surface area (Å²) in [6, 6.07) is 7.22. The topological polar surface area (TPSA) is 50.8 Å². The maximum atomic E-state index is 12.0. The summed E-state index contributed by atoms with van der Waals surface area (Å²) in [6.45, 7) is 5.14. The maximum absolute atomic E-state index is 12.0. The van der Waals surface area contributed by atoms with Crippen LogP contribution in [0.5, 0.6) is 5.75 Å². The van der Waals surface area contributed by atoms with E-state index in [9.17, 15) is 4.79 Å². The Labute approximate surface area is 136 Å². The predicted molar refractivity (Wildman–Crippen MR) is 86.5 cm³/mol. The van der Waals surface area contributed by atoms with Gasteiger partial charge in [-0.05, 0) is 30.7 Å². The second kappa shape index (κ2) is 8.98. The smallest absolute Gasteiger partial charge is 0.242 e. The summed E-state index contributed by atoms with van der Waals surface area (Å²) in [4.78, 5) is 14.4. The summed E-state index contributed by atoms with van der Waals surface area (Å²) < 4.78 is 10.4. The molecule has 1 aliphatic heterocycles. The van der Waals surface area contributed by atoms with Crippen LogP contribution in [0.2, 0.25) is 0 Å². The molecule has 1 fully saturated rings. The highest BCUT2D eigenvalue weighted by Gasteiger charge is 2.17. The number of rotatable bonds is 7. The number of benzene rings is 1. The highest BCUT2D eigenvalue weighted by Crippen LogP contribution is 2.22. The third-order valence-electron chi connectivity index (χ3n) is 3.69. The fourth-order valence-electron chi connectivity index (χ4n) is 2.35. The van der Waals surface area contributed by atoms with Crippen LogP contribution < -0.4 is 10.1 Å². The third kappa shape index (κ3) is 5.16. The van der Waals surface area contributed by atoms with Crippen LogP contribution in [-0.4, -0.2) is 57.3 Å². The Morgan fingerprint density at radius 2 is 2.05 bits per heavy atom. The van der Waals surface area contributed by atoms with Crippen molar-refractivity contribution < 1.29 is 14.3 Å². The Morgan fingerprint density at radius 1 is 1.36 bits per heavy atom. The number of nitrogens with zero attached hydrogens (tertiary/aromatic N) is 1. The molecule has 1 saturated heterocycles. The van der Waals surface area contributed by atoms with Gasteiger partial charge < -0.3 is 14.8 Å². The van der Waals surface area contributed by atoms with Crippen molar-refractivity contribution in [1.29, 1.82) is 0 Å². The van der Waals surface area contributed by atoms with Crippen LogP contribution >= 0.6 is 11.6 Å². The van der Waals surface area contributed by atoms with Crippen LogP contribution in [0.4, 0.5) is 0 Å². The Kier molecular flexibility index (Phi) is 6.96. The third-order valence-corrected chi connectivity index (χ3v) is 4.14. The molecule has 1 N–H and O–H groups in total. The summed E-state index contributed by atoms with van der Waals surface area (Å²) in [5, 5.41) is 2.22. The average Bonchev–Trinajstić information content (AvgIpc) is 2.59. The number of alkyl halides is 1. The Morgan fingerprint density at radius 3 is 2.68 bits per heavy atom. The Balaban J connectivity index is 1.69. The number of carbonyl (C=O) groups excluding carboxylic acids is 1. The number of hydrogen-bond acceptors (Lipinski definition) is 4. The van der Waals surface area contributed by atoms with Crippen molar-refractivity contribution in [1.82, 2.24) is 10.2 Å². The first-order valence-electron chi connectivity index (χ1n) is 7.56. The molecular formula is C16H23ClN2O3. The lowest BCUT2D eigenvalue weighted by molar-refractivity contribution is -0.120. The monoisotopic (exact) mass is 326 g/mol.